The molecule has 2 aliphatic rings. The molecule has 3 nitrogen and oxygen atoms in total. The van der Waals surface area contributed by atoms with Crippen molar-refractivity contribution >= 4 is 10.8 Å². The van der Waals surface area contributed by atoms with Crippen molar-refractivity contribution in [2.75, 3.05) is 26.3 Å². The summed E-state index contributed by atoms with van der Waals surface area (Å²) in [6.45, 7) is 9.68. The average molecular weight is 373 g/mol. The minimum absolute atomic E-state index is 0.406. The number of ether oxygens (including phenoxy) is 2. The molecule has 0 radical (unpaired) electrons. The van der Waals surface area contributed by atoms with Crippen LogP contribution in [-0.2, 0) is 20.8 Å². The zero-order valence-electron chi connectivity index (χ0n) is 16.9. The number of benzene rings is 3. The maximum atomic E-state index is 7.11. The van der Waals surface area contributed by atoms with Gasteiger partial charge in [0, 0.05) is 24.2 Å². The first-order valence-electron chi connectivity index (χ1n) is 10.2. The molecule has 0 N–H and O–H groups in total. The molecule has 3 aromatic carbocycles. The fourth-order valence-corrected chi connectivity index (χ4v) is 4.89. The second-order valence-electron chi connectivity index (χ2n) is 8.43. The van der Waals surface area contributed by atoms with Crippen molar-refractivity contribution in [1.29, 1.82) is 0 Å². The van der Waals surface area contributed by atoms with Gasteiger partial charge in [0.25, 0.3) is 0 Å². The molecule has 0 aromatic heterocycles. The summed E-state index contributed by atoms with van der Waals surface area (Å²) in [6, 6.07) is 22.0. The lowest BCUT2D eigenvalue weighted by molar-refractivity contribution is -0.223. The van der Waals surface area contributed by atoms with Gasteiger partial charge in [-0.2, -0.15) is 0 Å². The highest BCUT2D eigenvalue weighted by atomic mass is 16.5. The van der Waals surface area contributed by atoms with Crippen LogP contribution in [-0.4, -0.2) is 31.2 Å². The van der Waals surface area contributed by atoms with Crippen LogP contribution in [0.1, 0.15) is 36.1 Å². The van der Waals surface area contributed by atoms with E-state index in [2.05, 4.69) is 86.3 Å². The lowest BCUT2D eigenvalue weighted by Gasteiger charge is -2.52. The van der Waals surface area contributed by atoms with E-state index in [0.717, 1.165) is 26.3 Å². The van der Waals surface area contributed by atoms with Gasteiger partial charge in [-0.05, 0) is 37.1 Å². The maximum Gasteiger partial charge on any atom is 0.175 e. The summed E-state index contributed by atoms with van der Waals surface area (Å²) in [5.41, 5.74) is 3.93. The summed E-state index contributed by atoms with van der Waals surface area (Å²) in [5, 5.41) is 2.60. The fraction of sp³-hybridized carbons (Fsp3) is 0.360. The molecule has 0 amide bonds. The zero-order valence-corrected chi connectivity index (χ0v) is 16.9. The van der Waals surface area contributed by atoms with Crippen molar-refractivity contribution in [3.63, 3.8) is 0 Å². The molecule has 0 spiro atoms. The van der Waals surface area contributed by atoms with E-state index in [0.29, 0.717) is 0 Å². The molecule has 2 heterocycles. The predicted molar refractivity (Wildman–Crippen MR) is 112 cm³/mol. The first-order chi connectivity index (χ1) is 13.5. The number of nitrogens with zero attached hydrogens (tertiary/aromatic N) is 1. The number of aryl methyl sites for hydroxylation is 1. The van der Waals surface area contributed by atoms with E-state index < -0.39 is 11.3 Å². The highest BCUT2D eigenvalue weighted by Crippen LogP contribution is 2.51. The largest absolute Gasteiger partial charge is 0.379 e. The Morgan fingerprint density at radius 1 is 0.821 bits per heavy atom. The van der Waals surface area contributed by atoms with Gasteiger partial charge in [0.05, 0.1) is 18.8 Å². The molecular formula is C25H27NO2. The third kappa shape index (κ3) is 2.54. The van der Waals surface area contributed by atoms with Crippen LogP contribution < -0.4 is 0 Å². The Morgan fingerprint density at radius 2 is 1.46 bits per heavy atom. The summed E-state index contributed by atoms with van der Waals surface area (Å²) >= 11 is 0. The molecule has 1 unspecified atom stereocenters. The van der Waals surface area contributed by atoms with Crippen molar-refractivity contribution in [2.45, 2.75) is 32.1 Å². The van der Waals surface area contributed by atoms with Gasteiger partial charge in [0.15, 0.2) is 5.72 Å². The molecule has 144 valence electrons. The zero-order chi connectivity index (χ0) is 19.4. The van der Waals surface area contributed by atoms with Crippen LogP contribution in [0.25, 0.3) is 10.8 Å². The second-order valence-corrected chi connectivity index (χ2v) is 8.43. The second kappa shape index (κ2) is 6.41. The summed E-state index contributed by atoms with van der Waals surface area (Å²) in [7, 11) is 0. The van der Waals surface area contributed by atoms with E-state index in [4.69, 9.17) is 9.47 Å². The summed E-state index contributed by atoms with van der Waals surface area (Å²) in [4.78, 5) is 2.47. The molecule has 1 saturated heterocycles. The Bertz CT molecular complexity index is 1010. The minimum Gasteiger partial charge on any atom is -0.379 e. The van der Waals surface area contributed by atoms with Gasteiger partial charge in [-0.25, -0.2) is 0 Å². The molecule has 5 rings (SSSR count). The van der Waals surface area contributed by atoms with Gasteiger partial charge in [-0.3, -0.25) is 4.90 Å². The van der Waals surface area contributed by atoms with Crippen LogP contribution in [0.15, 0.2) is 60.7 Å². The maximum absolute atomic E-state index is 7.11. The first-order valence-corrected chi connectivity index (χ1v) is 10.2. The van der Waals surface area contributed by atoms with Gasteiger partial charge in [-0.15, -0.1) is 0 Å². The molecule has 1 atom stereocenters. The van der Waals surface area contributed by atoms with E-state index in [1.165, 1.54) is 33.0 Å². The summed E-state index contributed by atoms with van der Waals surface area (Å²) in [6.07, 6.45) is 0. The van der Waals surface area contributed by atoms with Gasteiger partial charge < -0.3 is 9.47 Å². The van der Waals surface area contributed by atoms with Crippen LogP contribution in [0.2, 0.25) is 0 Å². The number of rotatable bonds is 2. The van der Waals surface area contributed by atoms with Crippen molar-refractivity contribution < 1.29 is 9.47 Å². The minimum atomic E-state index is -0.616. The molecular weight excluding hydrogens is 346 g/mol. The van der Waals surface area contributed by atoms with Crippen molar-refractivity contribution in [2.24, 2.45) is 0 Å². The molecule has 2 aliphatic heterocycles. The van der Waals surface area contributed by atoms with Crippen LogP contribution in [0.5, 0.6) is 0 Å². The number of hydrogen-bond acceptors (Lipinski definition) is 3. The van der Waals surface area contributed by atoms with Gasteiger partial charge >= 0.3 is 0 Å². The van der Waals surface area contributed by atoms with Crippen LogP contribution >= 0.6 is 0 Å². The van der Waals surface area contributed by atoms with Gasteiger partial charge in [0.1, 0.15) is 0 Å². The SMILES string of the molecule is Cc1ccc(C2(N3CCOCC3)OC(C)(C)c3cccc4cccc2c34)cc1. The lowest BCUT2D eigenvalue weighted by Crippen LogP contribution is -2.57. The molecule has 1 fully saturated rings. The lowest BCUT2D eigenvalue weighted by atomic mass is 9.79. The summed E-state index contributed by atoms with van der Waals surface area (Å²) < 4.78 is 12.8. The fourth-order valence-electron chi connectivity index (χ4n) is 4.89. The Kier molecular flexibility index (Phi) is 4.09. The van der Waals surface area contributed by atoms with E-state index >= 15 is 0 Å². The van der Waals surface area contributed by atoms with Crippen molar-refractivity contribution in [3.8, 4) is 0 Å². The van der Waals surface area contributed by atoms with E-state index in [-0.39, 0.29) is 0 Å². The third-order valence-corrected chi connectivity index (χ3v) is 6.22. The Labute approximate surface area is 166 Å². The first kappa shape index (κ1) is 17.9. The number of hydrogen-bond donors (Lipinski definition) is 0. The molecule has 0 aliphatic carbocycles. The smallest absolute Gasteiger partial charge is 0.175 e. The van der Waals surface area contributed by atoms with Crippen molar-refractivity contribution in [1.82, 2.24) is 4.90 Å². The normalized spacial score (nSPS) is 24.4. The predicted octanol–water partition coefficient (Wildman–Crippen LogP) is 4.95. The molecule has 28 heavy (non-hydrogen) atoms. The quantitative estimate of drug-likeness (QED) is 0.635. The molecule has 0 bridgehead atoms. The molecule has 0 saturated carbocycles. The average Bonchev–Trinajstić information content (AvgIpc) is 2.72. The topological polar surface area (TPSA) is 21.7 Å². The highest BCUT2D eigenvalue weighted by Gasteiger charge is 2.50. The van der Waals surface area contributed by atoms with Gasteiger partial charge in [0.2, 0.25) is 0 Å². The molecule has 3 aromatic rings. The Balaban J connectivity index is 1.86. The standard InChI is InChI=1S/C25H27NO2/c1-18-10-12-20(13-11-18)25(26-14-16-27-17-15-26)22-9-5-7-19-6-4-8-21(23(19)22)24(2,3)28-25/h4-13H,14-17H2,1-3H3. The van der Waals surface area contributed by atoms with Crippen LogP contribution in [0.4, 0.5) is 0 Å². The monoisotopic (exact) mass is 373 g/mol. The highest BCUT2D eigenvalue weighted by molar-refractivity contribution is 5.91. The Hall–Kier alpha value is -2.20. The third-order valence-electron chi connectivity index (χ3n) is 6.22. The van der Waals surface area contributed by atoms with Crippen LogP contribution in [0, 0.1) is 6.92 Å². The van der Waals surface area contributed by atoms with Crippen molar-refractivity contribution in [3.05, 3.63) is 82.9 Å². The summed E-state index contributed by atoms with van der Waals surface area (Å²) in [5.74, 6) is 0. The van der Waals surface area contributed by atoms with E-state index in [1.807, 2.05) is 0 Å². The molecule has 3 heteroatoms. The Morgan fingerprint density at radius 3 is 2.14 bits per heavy atom. The van der Waals surface area contributed by atoms with E-state index in [1.54, 1.807) is 0 Å². The van der Waals surface area contributed by atoms with E-state index in [9.17, 15) is 0 Å². The van der Waals surface area contributed by atoms with Crippen LogP contribution in [0.3, 0.4) is 0 Å². The number of morpholine rings is 1. The van der Waals surface area contributed by atoms with Gasteiger partial charge in [-0.1, -0.05) is 66.2 Å².